The highest BCUT2D eigenvalue weighted by atomic mass is 16.6. The van der Waals surface area contributed by atoms with Crippen molar-refractivity contribution in [1.29, 1.82) is 0 Å². The lowest BCUT2D eigenvalue weighted by atomic mass is 9.85. The third-order valence-electron chi connectivity index (χ3n) is 3.97. The maximum atomic E-state index is 11.7. The van der Waals surface area contributed by atoms with Gasteiger partial charge in [0.15, 0.2) is 0 Å². The topological polar surface area (TPSA) is 26.3 Å². The van der Waals surface area contributed by atoms with E-state index in [0.717, 1.165) is 12.3 Å². The zero-order valence-electron chi connectivity index (χ0n) is 13.3. The second kappa shape index (κ2) is 7.91. The molecule has 112 valence electrons. The number of rotatable bonds is 6. The molecular formula is C17H32O2. The van der Waals surface area contributed by atoms with E-state index in [4.69, 9.17) is 4.74 Å². The molecule has 1 atom stereocenters. The molecule has 0 bridgehead atoms. The highest BCUT2D eigenvalue weighted by Crippen LogP contribution is 2.28. The Labute approximate surface area is 119 Å². The highest BCUT2D eigenvalue weighted by molar-refractivity contribution is 5.70. The summed E-state index contributed by atoms with van der Waals surface area (Å²) in [5, 5.41) is 0. The number of hydrogen-bond donors (Lipinski definition) is 0. The first kappa shape index (κ1) is 16.5. The number of ether oxygens (including phenoxy) is 1. The fourth-order valence-corrected chi connectivity index (χ4v) is 3.00. The predicted molar refractivity (Wildman–Crippen MR) is 80.1 cm³/mol. The maximum Gasteiger partial charge on any atom is 0.306 e. The van der Waals surface area contributed by atoms with Gasteiger partial charge in [-0.2, -0.15) is 0 Å². The van der Waals surface area contributed by atoms with Crippen molar-refractivity contribution in [1.82, 2.24) is 0 Å². The molecule has 0 aromatic heterocycles. The van der Waals surface area contributed by atoms with Gasteiger partial charge in [-0.05, 0) is 32.6 Å². The quantitative estimate of drug-likeness (QED) is 0.626. The van der Waals surface area contributed by atoms with E-state index in [9.17, 15) is 4.79 Å². The first-order valence-electron chi connectivity index (χ1n) is 8.08. The summed E-state index contributed by atoms with van der Waals surface area (Å²) < 4.78 is 5.37. The van der Waals surface area contributed by atoms with Crippen LogP contribution in [0.25, 0.3) is 0 Å². The average Bonchev–Trinajstić information content (AvgIpc) is 2.27. The lowest BCUT2D eigenvalue weighted by molar-refractivity contribution is -0.155. The van der Waals surface area contributed by atoms with Crippen LogP contribution in [-0.4, -0.2) is 11.6 Å². The van der Waals surface area contributed by atoms with Crippen molar-refractivity contribution < 1.29 is 9.53 Å². The number of hydrogen-bond acceptors (Lipinski definition) is 2. The SMILES string of the molecule is CC(CCCC1CCCCC1)CC(=O)OC(C)(C)C. The van der Waals surface area contributed by atoms with Crippen molar-refractivity contribution in [3.05, 3.63) is 0 Å². The van der Waals surface area contributed by atoms with Gasteiger partial charge in [-0.15, -0.1) is 0 Å². The first-order chi connectivity index (χ1) is 8.87. The molecule has 0 aliphatic heterocycles. The third-order valence-corrected chi connectivity index (χ3v) is 3.97. The molecule has 19 heavy (non-hydrogen) atoms. The molecule has 1 fully saturated rings. The molecule has 0 aromatic rings. The van der Waals surface area contributed by atoms with Gasteiger partial charge in [-0.1, -0.05) is 58.3 Å². The minimum absolute atomic E-state index is 0.0438. The van der Waals surface area contributed by atoms with Crippen molar-refractivity contribution in [2.45, 2.75) is 91.1 Å². The lowest BCUT2D eigenvalue weighted by Crippen LogP contribution is -2.24. The monoisotopic (exact) mass is 268 g/mol. The Morgan fingerprint density at radius 3 is 2.42 bits per heavy atom. The van der Waals surface area contributed by atoms with Crippen LogP contribution in [0.15, 0.2) is 0 Å². The van der Waals surface area contributed by atoms with Gasteiger partial charge in [0, 0.05) is 6.42 Å². The van der Waals surface area contributed by atoms with Crippen LogP contribution in [-0.2, 0) is 9.53 Å². The van der Waals surface area contributed by atoms with Gasteiger partial charge < -0.3 is 4.74 Å². The molecule has 0 saturated heterocycles. The number of carbonyl (C=O) groups excluding carboxylic acids is 1. The summed E-state index contributed by atoms with van der Waals surface area (Å²) in [6.45, 7) is 7.96. The molecule has 1 aliphatic rings. The molecule has 1 rings (SSSR count). The molecule has 0 amide bonds. The Morgan fingerprint density at radius 2 is 1.84 bits per heavy atom. The van der Waals surface area contributed by atoms with Gasteiger partial charge in [0.05, 0.1) is 0 Å². The van der Waals surface area contributed by atoms with Crippen molar-refractivity contribution in [3.8, 4) is 0 Å². The van der Waals surface area contributed by atoms with E-state index in [1.165, 1.54) is 44.9 Å². The minimum atomic E-state index is -0.348. The van der Waals surface area contributed by atoms with Crippen LogP contribution >= 0.6 is 0 Å². The van der Waals surface area contributed by atoms with E-state index < -0.39 is 0 Å². The fraction of sp³-hybridized carbons (Fsp3) is 0.941. The third kappa shape index (κ3) is 8.28. The largest absolute Gasteiger partial charge is 0.460 e. The Kier molecular flexibility index (Phi) is 6.88. The Hall–Kier alpha value is -0.530. The fourth-order valence-electron chi connectivity index (χ4n) is 3.00. The van der Waals surface area contributed by atoms with Gasteiger partial charge in [0.1, 0.15) is 5.60 Å². The molecule has 0 radical (unpaired) electrons. The number of esters is 1. The van der Waals surface area contributed by atoms with Crippen molar-refractivity contribution >= 4 is 5.97 Å². The van der Waals surface area contributed by atoms with Crippen LogP contribution in [0.1, 0.15) is 85.5 Å². The Bertz CT molecular complexity index is 259. The van der Waals surface area contributed by atoms with E-state index in [-0.39, 0.29) is 11.6 Å². The maximum absolute atomic E-state index is 11.7. The van der Waals surface area contributed by atoms with Crippen LogP contribution in [0.2, 0.25) is 0 Å². The lowest BCUT2D eigenvalue weighted by Gasteiger charge is -2.23. The summed E-state index contributed by atoms with van der Waals surface area (Å²) in [7, 11) is 0. The minimum Gasteiger partial charge on any atom is -0.460 e. The smallest absolute Gasteiger partial charge is 0.306 e. The Balaban J connectivity index is 2.10. The van der Waals surface area contributed by atoms with E-state index in [2.05, 4.69) is 6.92 Å². The van der Waals surface area contributed by atoms with Crippen molar-refractivity contribution in [2.75, 3.05) is 0 Å². The Morgan fingerprint density at radius 1 is 1.21 bits per heavy atom. The summed E-state index contributed by atoms with van der Waals surface area (Å²) in [5.41, 5.74) is -0.348. The number of carbonyl (C=O) groups is 1. The molecule has 1 saturated carbocycles. The summed E-state index contributed by atoms with van der Waals surface area (Å²) in [5.74, 6) is 1.37. The summed E-state index contributed by atoms with van der Waals surface area (Å²) in [6.07, 6.45) is 11.5. The molecule has 0 spiro atoms. The predicted octanol–water partition coefficient (Wildman–Crippen LogP) is 5.10. The second-order valence-electron chi connectivity index (χ2n) is 7.33. The summed E-state index contributed by atoms with van der Waals surface area (Å²) in [4.78, 5) is 11.7. The molecule has 2 heteroatoms. The molecule has 1 aliphatic carbocycles. The van der Waals surface area contributed by atoms with E-state index in [0.29, 0.717) is 12.3 Å². The van der Waals surface area contributed by atoms with Crippen LogP contribution in [0, 0.1) is 11.8 Å². The van der Waals surface area contributed by atoms with Gasteiger partial charge >= 0.3 is 5.97 Å². The highest BCUT2D eigenvalue weighted by Gasteiger charge is 2.19. The zero-order valence-corrected chi connectivity index (χ0v) is 13.3. The van der Waals surface area contributed by atoms with E-state index in [1.54, 1.807) is 0 Å². The van der Waals surface area contributed by atoms with Gasteiger partial charge in [-0.25, -0.2) is 0 Å². The molecule has 0 aromatic carbocycles. The van der Waals surface area contributed by atoms with Gasteiger partial charge in [0.25, 0.3) is 0 Å². The average molecular weight is 268 g/mol. The van der Waals surface area contributed by atoms with Gasteiger partial charge in [-0.3, -0.25) is 4.79 Å². The first-order valence-corrected chi connectivity index (χ1v) is 8.08. The van der Waals surface area contributed by atoms with Crippen LogP contribution in [0.5, 0.6) is 0 Å². The van der Waals surface area contributed by atoms with Crippen LogP contribution in [0.4, 0.5) is 0 Å². The van der Waals surface area contributed by atoms with E-state index in [1.807, 2.05) is 20.8 Å². The van der Waals surface area contributed by atoms with Crippen molar-refractivity contribution in [3.63, 3.8) is 0 Å². The van der Waals surface area contributed by atoms with Crippen LogP contribution in [0.3, 0.4) is 0 Å². The van der Waals surface area contributed by atoms with Gasteiger partial charge in [0.2, 0.25) is 0 Å². The molecule has 0 heterocycles. The summed E-state index contributed by atoms with van der Waals surface area (Å²) >= 11 is 0. The molecular weight excluding hydrogens is 236 g/mol. The van der Waals surface area contributed by atoms with E-state index >= 15 is 0 Å². The molecule has 0 N–H and O–H groups in total. The second-order valence-corrected chi connectivity index (χ2v) is 7.33. The van der Waals surface area contributed by atoms with Crippen LogP contribution < -0.4 is 0 Å². The summed E-state index contributed by atoms with van der Waals surface area (Å²) in [6, 6.07) is 0. The molecule has 1 unspecified atom stereocenters. The zero-order chi connectivity index (χ0) is 14.3. The standard InChI is InChI=1S/C17H32O2/c1-14(13-16(18)19-17(2,3)4)9-8-12-15-10-6-5-7-11-15/h14-15H,5-13H2,1-4H3. The normalized spacial score (nSPS) is 19.2. The molecule has 2 nitrogen and oxygen atoms in total. The van der Waals surface area contributed by atoms with Crippen molar-refractivity contribution in [2.24, 2.45) is 11.8 Å².